The summed E-state index contributed by atoms with van der Waals surface area (Å²) in [4.78, 5) is 30.1. The van der Waals surface area contributed by atoms with Crippen molar-refractivity contribution in [3.05, 3.63) is 40.4 Å². The topological polar surface area (TPSA) is 54.8 Å². The van der Waals surface area contributed by atoms with Crippen LogP contribution in [0.25, 0.3) is 17.0 Å². The third-order valence-corrected chi connectivity index (χ3v) is 7.76. The van der Waals surface area contributed by atoms with Gasteiger partial charge in [-0.25, -0.2) is 0 Å². The highest BCUT2D eigenvalue weighted by atomic mass is 32.2. The third-order valence-electron chi connectivity index (χ3n) is 6.39. The highest BCUT2D eigenvalue weighted by Crippen LogP contribution is 2.35. The second-order valence-corrected chi connectivity index (χ2v) is 10.0. The number of hydrogen-bond donors (Lipinski definition) is 0. The quantitative estimate of drug-likeness (QED) is 0.408. The van der Waals surface area contributed by atoms with Crippen molar-refractivity contribution in [2.45, 2.75) is 52.7 Å². The fourth-order valence-corrected chi connectivity index (χ4v) is 5.87. The molecule has 8 heteroatoms. The molecule has 2 saturated heterocycles. The van der Waals surface area contributed by atoms with Gasteiger partial charge in [0.15, 0.2) is 0 Å². The molecule has 2 aliphatic rings. The smallest absolute Gasteiger partial charge is 0.266 e. The van der Waals surface area contributed by atoms with E-state index in [1.165, 1.54) is 17.3 Å². The molecule has 0 saturated carbocycles. The summed E-state index contributed by atoms with van der Waals surface area (Å²) in [5, 5.41) is 1.05. The number of ether oxygens (including phenoxy) is 1. The lowest BCUT2D eigenvalue weighted by Crippen LogP contribution is -2.35. The molecule has 0 aliphatic carbocycles. The maximum Gasteiger partial charge on any atom is 0.266 e. The number of amides is 2. The molecule has 2 aromatic rings. The Bertz CT molecular complexity index is 1100. The Morgan fingerprint density at radius 2 is 2.09 bits per heavy atom. The molecule has 1 atom stereocenters. The molecule has 0 radical (unpaired) electrons. The van der Waals surface area contributed by atoms with E-state index in [9.17, 15) is 9.59 Å². The van der Waals surface area contributed by atoms with Gasteiger partial charge < -0.3 is 14.2 Å². The van der Waals surface area contributed by atoms with Gasteiger partial charge in [0.05, 0.1) is 23.1 Å². The van der Waals surface area contributed by atoms with Crippen LogP contribution < -0.4 is 0 Å². The number of carbonyl (C=O) groups excluding carboxylic acids is 2. The molecule has 33 heavy (non-hydrogen) atoms. The highest BCUT2D eigenvalue weighted by Gasteiger charge is 2.34. The lowest BCUT2D eigenvalue weighted by molar-refractivity contribution is -0.131. The van der Waals surface area contributed by atoms with Crippen LogP contribution in [0.3, 0.4) is 0 Å². The van der Waals surface area contributed by atoms with Gasteiger partial charge in [-0.15, -0.1) is 0 Å². The van der Waals surface area contributed by atoms with Crippen molar-refractivity contribution in [2.24, 2.45) is 0 Å². The number of hydrogen-bond acceptors (Lipinski definition) is 5. The molecule has 0 bridgehead atoms. The van der Waals surface area contributed by atoms with Crippen molar-refractivity contribution in [1.82, 2.24) is 14.4 Å². The molecule has 1 aromatic carbocycles. The van der Waals surface area contributed by atoms with Gasteiger partial charge in [0.1, 0.15) is 10.9 Å². The summed E-state index contributed by atoms with van der Waals surface area (Å²) in [6.07, 6.45) is 6.84. The molecule has 3 heterocycles. The van der Waals surface area contributed by atoms with Gasteiger partial charge in [0.25, 0.3) is 5.91 Å². The first-order chi connectivity index (χ1) is 16.0. The third kappa shape index (κ3) is 4.88. The van der Waals surface area contributed by atoms with Crippen molar-refractivity contribution in [3.63, 3.8) is 0 Å². The Hall–Kier alpha value is -2.16. The molecule has 4 rings (SSSR count). The number of fused-ring (bicyclic) bond motifs is 1. The van der Waals surface area contributed by atoms with Crippen LogP contribution >= 0.6 is 24.0 Å². The van der Waals surface area contributed by atoms with Crippen LogP contribution in [0.1, 0.15) is 44.7 Å². The number of aromatic nitrogens is 1. The van der Waals surface area contributed by atoms with Crippen molar-refractivity contribution in [2.75, 3.05) is 26.2 Å². The maximum absolute atomic E-state index is 13.1. The molecule has 0 unspecified atom stereocenters. The van der Waals surface area contributed by atoms with Gasteiger partial charge in [-0.05, 0) is 44.7 Å². The van der Waals surface area contributed by atoms with Gasteiger partial charge in [0, 0.05) is 36.8 Å². The molecule has 2 aliphatic heterocycles. The zero-order chi connectivity index (χ0) is 23.5. The number of thioether (sulfide) groups is 1. The molecule has 1 aromatic heterocycles. The van der Waals surface area contributed by atoms with E-state index < -0.39 is 0 Å². The zero-order valence-electron chi connectivity index (χ0n) is 19.5. The first-order valence-corrected chi connectivity index (χ1v) is 12.9. The molecule has 6 nitrogen and oxygen atoms in total. The van der Waals surface area contributed by atoms with Crippen molar-refractivity contribution in [3.8, 4) is 0 Å². The predicted octanol–water partition coefficient (Wildman–Crippen LogP) is 4.45. The maximum atomic E-state index is 13.1. The SMILES string of the molecule is CCc1cccc2c(/C=C3\SC(=S)N(C[C@H]4CCCO4)C3=O)cn(CC(=O)N(CC)CC)c12. The Kier molecular flexibility index (Phi) is 7.56. The Labute approximate surface area is 204 Å². The molecule has 176 valence electrons. The number of carbonyl (C=O) groups is 2. The van der Waals surface area contributed by atoms with Crippen LogP contribution in [0.15, 0.2) is 29.3 Å². The lowest BCUT2D eigenvalue weighted by atomic mass is 10.1. The second kappa shape index (κ2) is 10.4. The van der Waals surface area contributed by atoms with Crippen LogP contribution in [0, 0.1) is 0 Å². The average molecular weight is 486 g/mol. The molecule has 0 N–H and O–H groups in total. The van der Waals surface area contributed by atoms with Crippen molar-refractivity contribution >= 4 is 57.1 Å². The number of rotatable bonds is 8. The molecule has 2 fully saturated rings. The number of thiocarbonyl (C=S) groups is 1. The van der Waals surface area contributed by atoms with E-state index in [4.69, 9.17) is 17.0 Å². The van der Waals surface area contributed by atoms with E-state index in [2.05, 4.69) is 19.1 Å². The summed E-state index contributed by atoms with van der Waals surface area (Å²) in [5.41, 5.74) is 3.18. The first-order valence-electron chi connectivity index (χ1n) is 11.7. The van der Waals surface area contributed by atoms with Crippen LogP contribution in [-0.4, -0.2) is 62.8 Å². The van der Waals surface area contributed by atoms with E-state index in [1.54, 1.807) is 4.90 Å². The van der Waals surface area contributed by atoms with Gasteiger partial charge in [0.2, 0.25) is 5.91 Å². The van der Waals surface area contributed by atoms with E-state index in [-0.39, 0.29) is 24.5 Å². The summed E-state index contributed by atoms with van der Waals surface area (Å²) in [6.45, 7) is 9.04. The van der Waals surface area contributed by atoms with Crippen LogP contribution in [-0.2, 0) is 27.3 Å². The van der Waals surface area contributed by atoms with E-state index in [0.717, 1.165) is 42.3 Å². The van der Waals surface area contributed by atoms with Gasteiger partial charge in [-0.2, -0.15) is 0 Å². The predicted molar refractivity (Wildman–Crippen MR) is 138 cm³/mol. The van der Waals surface area contributed by atoms with Crippen LogP contribution in [0.4, 0.5) is 0 Å². The Balaban J connectivity index is 1.68. The normalized spacial score (nSPS) is 19.9. The fraction of sp³-hybridized carbons (Fsp3) is 0.480. The number of nitrogens with zero attached hydrogens (tertiary/aromatic N) is 3. The number of benzene rings is 1. The monoisotopic (exact) mass is 485 g/mol. The minimum absolute atomic E-state index is 0.0620. The minimum atomic E-state index is -0.0627. The second-order valence-electron chi connectivity index (χ2n) is 8.37. The van der Waals surface area contributed by atoms with Crippen molar-refractivity contribution in [1.29, 1.82) is 0 Å². The number of para-hydroxylation sites is 1. The van der Waals surface area contributed by atoms with E-state index >= 15 is 0 Å². The minimum Gasteiger partial charge on any atom is -0.376 e. The molecular formula is C25H31N3O3S2. The van der Waals surface area contributed by atoms with Gasteiger partial charge in [-0.3, -0.25) is 14.5 Å². The van der Waals surface area contributed by atoms with E-state index in [1.807, 2.05) is 41.7 Å². The zero-order valence-corrected chi connectivity index (χ0v) is 21.1. The molecule has 2 amide bonds. The van der Waals surface area contributed by atoms with Crippen LogP contribution in [0.2, 0.25) is 0 Å². The fourth-order valence-electron chi connectivity index (χ4n) is 4.60. The summed E-state index contributed by atoms with van der Waals surface area (Å²) < 4.78 is 8.32. The van der Waals surface area contributed by atoms with Crippen LogP contribution in [0.5, 0.6) is 0 Å². The Morgan fingerprint density at radius 3 is 2.76 bits per heavy atom. The number of likely N-dealkylation sites (N-methyl/N-ethyl adjacent to an activating group) is 1. The van der Waals surface area contributed by atoms with Gasteiger partial charge in [-0.1, -0.05) is 49.1 Å². The summed E-state index contributed by atoms with van der Waals surface area (Å²) in [7, 11) is 0. The molecular weight excluding hydrogens is 454 g/mol. The van der Waals surface area contributed by atoms with Crippen molar-refractivity contribution < 1.29 is 14.3 Å². The summed E-state index contributed by atoms with van der Waals surface area (Å²) in [6, 6.07) is 6.20. The average Bonchev–Trinajstić information content (AvgIpc) is 3.51. The largest absolute Gasteiger partial charge is 0.376 e. The number of aryl methyl sites for hydroxylation is 1. The lowest BCUT2D eigenvalue weighted by Gasteiger charge is -2.19. The highest BCUT2D eigenvalue weighted by molar-refractivity contribution is 8.26. The molecule has 0 spiro atoms. The Morgan fingerprint density at radius 1 is 1.30 bits per heavy atom. The van der Waals surface area contributed by atoms with E-state index in [0.29, 0.717) is 28.9 Å². The summed E-state index contributed by atoms with van der Waals surface area (Å²) in [5.74, 6) is 0.0320. The first kappa shape index (κ1) is 24.0. The van der Waals surface area contributed by atoms with Gasteiger partial charge >= 0.3 is 0 Å². The summed E-state index contributed by atoms with van der Waals surface area (Å²) >= 11 is 6.86. The standard InChI is InChI=1S/C25H31N3O3S2/c1-4-17-9-7-11-20-18(14-27(23(17)20)16-22(29)26(5-2)6-3)13-21-24(30)28(25(32)33-21)15-19-10-8-12-31-19/h7,9,11,13-14,19H,4-6,8,10,12,15-16H2,1-3H3/b21-13-/t19-/m1/s1.